The van der Waals surface area contributed by atoms with E-state index in [1.807, 2.05) is 161 Å². The molecule has 0 fully saturated rings. The molecule has 0 radical (unpaired) electrons. The van der Waals surface area contributed by atoms with E-state index in [0.29, 0.717) is 37.9 Å². The van der Waals surface area contributed by atoms with Crippen molar-refractivity contribution in [2.45, 2.75) is 261 Å². The maximum atomic E-state index is 14.1. The summed E-state index contributed by atoms with van der Waals surface area (Å²) in [5, 5.41) is 45.7. The van der Waals surface area contributed by atoms with Gasteiger partial charge in [0.15, 0.2) is 0 Å². The molecule has 11 nitrogen and oxygen atoms in total. The van der Waals surface area contributed by atoms with E-state index in [9.17, 15) is 34.8 Å². The van der Waals surface area contributed by atoms with Gasteiger partial charge in [0, 0.05) is 25.9 Å². The van der Waals surface area contributed by atoms with Crippen molar-refractivity contribution in [3.05, 3.63) is 115 Å². The maximum absolute atomic E-state index is 14.1. The fourth-order valence-corrected chi connectivity index (χ4v) is 10.5. The minimum absolute atomic E-state index is 0.00761. The second kappa shape index (κ2) is 26.6. The molecular formula is C73H110O11. The number of hydrogen-bond acceptors (Lipinski definition) is 11. The average molecular weight is 1160 g/mol. The number of esters is 3. The van der Waals surface area contributed by atoms with Crippen LogP contribution in [0.2, 0.25) is 0 Å². The lowest BCUT2D eigenvalue weighted by molar-refractivity contribution is -0.167. The molecule has 0 aliphatic heterocycles. The summed E-state index contributed by atoms with van der Waals surface area (Å²) >= 11 is 0. The van der Waals surface area contributed by atoms with Gasteiger partial charge in [0.25, 0.3) is 0 Å². The lowest BCUT2D eigenvalue weighted by atomic mass is 9.78. The monoisotopic (exact) mass is 1160 g/mol. The molecule has 0 atom stereocenters. The Labute approximate surface area is 507 Å². The molecular weight excluding hydrogens is 1050 g/mol. The molecule has 0 saturated carbocycles. The Morgan fingerprint density at radius 2 is 0.500 bits per heavy atom. The van der Waals surface area contributed by atoms with Gasteiger partial charge in [-0.2, -0.15) is 0 Å². The molecule has 468 valence electrons. The summed E-state index contributed by atoms with van der Waals surface area (Å²) in [6.07, 6.45) is 2.25. The Hall–Kier alpha value is -5.55. The minimum Gasteiger partial charge on any atom is -0.507 e. The zero-order valence-electron chi connectivity index (χ0n) is 56.5. The van der Waals surface area contributed by atoms with Crippen molar-refractivity contribution in [3.8, 4) is 23.0 Å². The van der Waals surface area contributed by atoms with Crippen LogP contribution in [0.4, 0.5) is 0 Å². The third kappa shape index (κ3) is 19.7. The summed E-state index contributed by atoms with van der Waals surface area (Å²) in [7, 11) is 0. The number of hydrogen-bond donors (Lipinski definition) is 4. The van der Waals surface area contributed by atoms with Crippen LogP contribution in [0.25, 0.3) is 0 Å². The molecule has 0 bridgehead atoms. The number of phenols is 4. The van der Waals surface area contributed by atoms with Crippen molar-refractivity contribution in [1.29, 1.82) is 0 Å². The minimum atomic E-state index is -1.34. The summed E-state index contributed by atoms with van der Waals surface area (Å²) in [4.78, 5) is 42.3. The molecule has 4 aromatic carbocycles. The third-order valence-corrected chi connectivity index (χ3v) is 15.8. The smallest absolute Gasteiger partial charge is 0.306 e. The summed E-state index contributed by atoms with van der Waals surface area (Å²) in [5.41, 5.74) is 6.02. The van der Waals surface area contributed by atoms with E-state index in [1.54, 1.807) is 0 Å². The number of phenolic OH excluding ortho intramolecular Hbond substituents is 4. The van der Waals surface area contributed by atoms with E-state index in [-0.39, 0.29) is 113 Å². The van der Waals surface area contributed by atoms with E-state index in [0.717, 1.165) is 66.8 Å². The number of aromatic hydroxyl groups is 4. The maximum Gasteiger partial charge on any atom is 0.306 e. The van der Waals surface area contributed by atoms with Crippen molar-refractivity contribution in [1.82, 2.24) is 0 Å². The van der Waals surface area contributed by atoms with Gasteiger partial charge >= 0.3 is 17.9 Å². The molecule has 4 aromatic rings. The Morgan fingerprint density at radius 1 is 0.310 bits per heavy atom. The Bertz CT molecular complexity index is 2550. The number of benzene rings is 4. The molecule has 4 N–H and O–H groups in total. The fourth-order valence-electron chi connectivity index (χ4n) is 10.5. The van der Waals surface area contributed by atoms with Crippen molar-refractivity contribution in [2.24, 2.45) is 5.41 Å². The first kappa shape index (κ1) is 70.9. The Morgan fingerprint density at radius 3 is 0.690 bits per heavy atom. The summed E-state index contributed by atoms with van der Waals surface area (Å²) in [5.74, 6) is -0.462. The van der Waals surface area contributed by atoms with Crippen LogP contribution in [-0.2, 0) is 102 Å². The van der Waals surface area contributed by atoms with Gasteiger partial charge in [0.2, 0.25) is 0 Å². The van der Waals surface area contributed by atoms with Crippen LogP contribution in [0, 0.1) is 5.41 Å². The van der Waals surface area contributed by atoms with Gasteiger partial charge in [-0.3, -0.25) is 14.4 Å². The zero-order valence-corrected chi connectivity index (χ0v) is 56.5. The highest BCUT2D eigenvalue weighted by Gasteiger charge is 2.38. The van der Waals surface area contributed by atoms with Crippen molar-refractivity contribution < 1.29 is 53.8 Å². The average Bonchev–Trinajstić information content (AvgIpc) is 3.39. The molecule has 84 heavy (non-hydrogen) atoms. The first-order valence-electron chi connectivity index (χ1n) is 30.6. The van der Waals surface area contributed by atoms with E-state index >= 15 is 0 Å². The summed E-state index contributed by atoms with van der Waals surface area (Å²) in [6, 6.07) is 15.9. The number of carbonyl (C=O) groups excluding carboxylic acids is 3. The standard InChI is InChI=1S/C73H110O11/c1-65(2,3)50-34-46(35-51(61(50)77)66(4,5)6)26-25-33-81-42-73(43-82-58(74)30-27-47-36-52(67(7,8)9)62(78)53(37-47)68(10,11)12,44-83-59(75)31-28-48-38-54(69(13,14)15)63(79)55(39-48)70(16,17)18)45-84-60(76)32-29-49-40-56(71(19,20)21)64(80)57(41-49)72(22,23)24/h34-41,77-80H,25-33,42-45H2,1-24H3. The Kier molecular flexibility index (Phi) is 22.5. The largest absolute Gasteiger partial charge is 0.507 e. The van der Waals surface area contributed by atoms with E-state index < -0.39 is 23.3 Å². The highest BCUT2D eigenvalue weighted by Crippen LogP contribution is 2.44. The van der Waals surface area contributed by atoms with Crippen molar-refractivity contribution >= 4 is 17.9 Å². The SMILES string of the molecule is CC(C)(C)c1cc(CCCOCC(COC(=O)CCc2cc(C(C)(C)C)c(O)c(C(C)(C)C)c2)(COC(=O)CCc2cc(C(C)(C)C)c(O)c(C(C)(C)C)c2)COC(=O)CCc2cc(C(C)(C)C)c(O)c(C(C)(C)C)c2)cc(C(C)(C)C)c1O. The van der Waals surface area contributed by atoms with Crippen LogP contribution in [0.5, 0.6) is 23.0 Å². The van der Waals surface area contributed by atoms with Gasteiger partial charge in [0.1, 0.15) is 42.8 Å². The van der Waals surface area contributed by atoms with E-state index in [1.165, 1.54) is 0 Å². The number of rotatable bonds is 21. The highest BCUT2D eigenvalue weighted by atomic mass is 16.6. The molecule has 0 aliphatic carbocycles. The van der Waals surface area contributed by atoms with Gasteiger partial charge in [-0.1, -0.05) is 215 Å². The second-order valence-electron chi connectivity index (χ2n) is 32.3. The van der Waals surface area contributed by atoms with Crippen LogP contribution in [-0.4, -0.2) is 71.4 Å². The molecule has 0 aromatic heterocycles. The van der Waals surface area contributed by atoms with Crippen LogP contribution >= 0.6 is 0 Å². The Balaban J connectivity index is 1.74. The molecule has 0 heterocycles. The fraction of sp³-hybridized carbons (Fsp3) is 0.630. The summed E-state index contributed by atoms with van der Waals surface area (Å²) in [6.45, 7) is 48.6. The first-order valence-corrected chi connectivity index (χ1v) is 30.6. The third-order valence-electron chi connectivity index (χ3n) is 15.8. The molecule has 0 saturated heterocycles. The molecule has 0 amide bonds. The number of carbonyl (C=O) groups is 3. The predicted octanol–water partition coefficient (Wildman–Crippen LogP) is 16.4. The lowest BCUT2D eigenvalue weighted by Crippen LogP contribution is -2.43. The van der Waals surface area contributed by atoms with Crippen molar-refractivity contribution in [2.75, 3.05) is 33.0 Å². The summed E-state index contributed by atoms with van der Waals surface area (Å²) < 4.78 is 25.1. The van der Waals surface area contributed by atoms with Gasteiger partial charge < -0.3 is 39.4 Å². The van der Waals surface area contributed by atoms with E-state index in [4.69, 9.17) is 18.9 Å². The molecule has 11 heteroatoms. The van der Waals surface area contributed by atoms with E-state index in [2.05, 4.69) is 53.7 Å². The van der Waals surface area contributed by atoms with Gasteiger partial charge in [-0.15, -0.1) is 0 Å². The van der Waals surface area contributed by atoms with Crippen molar-refractivity contribution in [3.63, 3.8) is 0 Å². The highest BCUT2D eigenvalue weighted by molar-refractivity contribution is 5.71. The molecule has 0 spiro atoms. The zero-order chi connectivity index (χ0) is 64.1. The number of aryl methyl sites for hydroxylation is 4. The molecule has 0 unspecified atom stereocenters. The van der Waals surface area contributed by atoms with Crippen LogP contribution in [0.1, 0.15) is 259 Å². The van der Waals surface area contributed by atoms with Crippen LogP contribution < -0.4 is 0 Å². The predicted molar refractivity (Wildman–Crippen MR) is 341 cm³/mol. The topological polar surface area (TPSA) is 169 Å². The van der Waals surface area contributed by atoms with Crippen LogP contribution in [0.3, 0.4) is 0 Å². The van der Waals surface area contributed by atoms with Gasteiger partial charge in [-0.25, -0.2) is 0 Å². The normalized spacial score (nSPS) is 13.3. The lowest BCUT2D eigenvalue weighted by Gasteiger charge is -2.32. The van der Waals surface area contributed by atoms with Crippen LogP contribution in [0.15, 0.2) is 48.5 Å². The molecule has 4 rings (SSSR count). The second-order valence-corrected chi connectivity index (χ2v) is 32.3. The van der Waals surface area contributed by atoms with Gasteiger partial charge in [-0.05, 0) is 142 Å². The number of ether oxygens (including phenoxy) is 4. The molecule has 0 aliphatic rings. The first-order chi connectivity index (χ1) is 38.0. The quantitative estimate of drug-likeness (QED) is 0.0356. The van der Waals surface area contributed by atoms with Gasteiger partial charge in [0.05, 0.1) is 12.0 Å².